The van der Waals surface area contributed by atoms with Crippen molar-refractivity contribution in [2.45, 2.75) is 6.42 Å². The molecule has 0 spiro atoms. The van der Waals surface area contributed by atoms with Gasteiger partial charge in [-0.3, -0.25) is 4.39 Å². The summed E-state index contributed by atoms with van der Waals surface area (Å²) < 4.78 is 15.4. The zero-order valence-corrected chi connectivity index (χ0v) is 3.93. The maximum absolute atomic E-state index is 11.1. The summed E-state index contributed by atoms with van der Waals surface area (Å²) in [7, 11) is 0.565. The highest BCUT2D eigenvalue weighted by Crippen LogP contribution is 1.79. The second-order valence-electron chi connectivity index (χ2n) is 1.02. The van der Waals surface area contributed by atoms with Crippen LogP contribution in [-0.4, -0.2) is 26.0 Å². The van der Waals surface area contributed by atoms with Gasteiger partial charge >= 0.3 is 7.69 Å². The molecule has 7 heavy (non-hydrogen) atoms. The van der Waals surface area contributed by atoms with Gasteiger partial charge in [0.1, 0.15) is 0 Å². The topological polar surface area (TPSA) is 29.5 Å². The lowest BCUT2D eigenvalue weighted by Crippen LogP contribution is -1.99. The molecule has 0 atom stereocenters. The van der Waals surface area contributed by atoms with Gasteiger partial charge in [0.05, 0.1) is 6.67 Å². The standard InChI is InChI=1S/C3H7BFO2/c5-2-1-3-7-4-6/h6H,1-3H2. The second kappa shape index (κ2) is 5.91. The Bertz CT molecular complexity index is 32.1. The molecule has 0 saturated heterocycles. The molecule has 2 nitrogen and oxygen atoms in total. The maximum atomic E-state index is 11.1. The average molecular weight is 105 g/mol. The van der Waals surface area contributed by atoms with Gasteiger partial charge in [0.15, 0.2) is 0 Å². The van der Waals surface area contributed by atoms with Crippen molar-refractivity contribution in [3.8, 4) is 0 Å². The molecule has 0 aliphatic carbocycles. The minimum Gasteiger partial charge on any atom is -0.429 e. The van der Waals surface area contributed by atoms with Crippen molar-refractivity contribution in [3.63, 3.8) is 0 Å². The second-order valence-corrected chi connectivity index (χ2v) is 1.02. The number of hydrogen-bond acceptors (Lipinski definition) is 2. The number of alkyl halides is 1. The highest BCUT2D eigenvalue weighted by Gasteiger charge is 1.84. The van der Waals surface area contributed by atoms with Crippen LogP contribution in [0.1, 0.15) is 6.42 Å². The Morgan fingerprint density at radius 3 is 2.86 bits per heavy atom. The lowest BCUT2D eigenvalue weighted by atomic mass is 10.4. The van der Waals surface area contributed by atoms with Gasteiger partial charge in [-0.25, -0.2) is 0 Å². The van der Waals surface area contributed by atoms with Crippen LogP contribution in [0, 0.1) is 0 Å². The van der Waals surface area contributed by atoms with E-state index in [-0.39, 0.29) is 6.61 Å². The van der Waals surface area contributed by atoms with Crippen LogP contribution in [0.4, 0.5) is 4.39 Å². The quantitative estimate of drug-likeness (QED) is 0.399. The Morgan fingerprint density at radius 1 is 1.71 bits per heavy atom. The first-order valence-electron chi connectivity index (χ1n) is 2.05. The van der Waals surface area contributed by atoms with E-state index in [0.717, 1.165) is 0 Å². The minimum absolute atomic E-state index is 0.257. The van der Waals surface area contributed by atoms with Gasteiger partial charge in [-0.2, -0.15) is 0 Å². The molecular formula is C3H7BFO2. The Labute approximate surface area is 42.6 Å². The molecule has 0 aromatic carbocycles. The van der Waals surface area contributed by atoms with E-state index in [4.69, 9.17) is 5.02 Å². The molecule has 0 heterocycles. The molecule has 0 unspecified atom stereocenters. The average Bonchev–Trinajstić information content (AvgIpc) is 1.69. The third kappa shape index (κ3) is 5.91. The largest absolute Gasteiger partial charge is 0.485 e. The number of halogens is 1. The molecule has 0 aliphatic heterocycles. The molecule has 0 bridgehead atoms. The summed E-state index contributed by atoms with van der Waals surface area (Å²) >= 11 is 0. The normalized spacial score (nSPS) is 8.86. The minimum atomic E-state index is -0.395. The maximum Gasteiger partial charge on any atom is 0.485 e. The van der Waals surface area contributed by atoms with Crippen LogP contribution in [0.25, 0.3) is 0 Å². The molecule has 0 aromatic rings. The van der Waals surface area contributed by atoms with Crippen molar-refractivity contribution < 1.29 is 14.1 Å². The van der Waals surface area contributed by atoms with Gasteiger partial charge in [-0.1, -0.05) is 0 Å². The van der Waals surface area contributed by atoms with Gasteiger partial charge in [0, 0.05) is 6.61 Å². The van der Waals surface area contributed by atoms with Gasteiger partial charge in [-0.15, -0.1) is 0 Å². The lowest BCUT2D eigenvalue weighted by molar-refractivity contribution is 0.264. The smallest absolute Gasteiger partial charge is 0.429 e. The van der Waals surface area contributed by atoms with E-state index in [1.54, 1.807) is 0 Å². The summed E-state index contributed by atoms with van der Waals surface area (Å²) in [6.45, 7) is -0.138. The molecule has 0 saturated carbocycles. The molecule has 0 aliphatic rings. The molecule has 0 aromatic heterocycles. The predicted octanol–water partition coefficient (Wildman–Crippen LogP) is -0.111. The molecular weight excluding hydrogens is 97.8 g/mol. The monoisotopic (exact) mass is 105 g/mol. The van der Waals surface area contributed by atoms with Crippen LogP contribution in [0.15, 0.2) is 0 Å². The Balaban J connectivity index is 2.45. The van der Waals surface area contributed by atoms with Crippen molar-refractivity contribution in [3.05, 3.63) is 0 Å². The van der Waals surface area contributed by atoms with E-state index >= 15 is 0 Å². The molecule has 0 rings (SSSR count). The van der Waals surface area contributed by atoms with Crippen LogP contribution in [0.2, 0.25) is 0 Å². The third-order valence-electron chi connectivity index (χ3n) is 0.470. The van der Waals surface area contributed by atoms with Crippen LogP contribution < -0.4 is 0 Å². The van der Waals surface area contributed by atoms with Gasteiger partial charge < -0.3 is 9.68 Å². The van der Waals surface area contributed by atoms with Crippen molar-refractivity contribution in [1.29, 1.82) is 0 Å². The summed E-state index contributed by atoms with van der Waals surface area (Å²) in [5.74, 6) is 0. The number of rotatable bonds is 4. The summed E-state index contributed by atoms with van der Waals surface area (Å²) in [6, 6.07) is 0. The fourth-order valence-electron chi connectivity index (χ4n) is 0.191. The first-order chi connectivity index (χ1) is 3.41. The summed E-state index contributed by atoms with van der Waals surface area (Å²) in [5, 5.41) is 7.82. The van der Waals surface area contributed by atoms with Gasteiger partial charge in [0.2, 0.25) is 0 Å². The van der Waals surface area contributed by atoms with E-state index < -0.39 is 6.67 Å². The van der Waals surface area contributed by atoms with Crippen molar-refractivity contribution in [1.82, 2.24) is 0 Å². The fraction of sp³-hybridized carbons (Fsp3) is 1.00. The van der Waals surface area contributed by atoms with Crippen LogP contribution in [0.5, 0.6) is 0 Å². The van der Waals surface area contributed by atoms with E-state index in [9.17, 15) is 4.39 Å². The first kappa shape index (κ1) is 6.91. The lowest BCUT2D eigenvalue weighted by Gasteiger charge is -1.91. The third-order valence-corrected chi connectivity index (χ3v) is 0.470. The van der Waals surface area contributed by atoms with Gasteiger partial charge in [-0.05, 0) is 6.42 Å². The SMILES string of the molecule is O[B]OCCCF. The number of hydrogen-bond donors (Lipinski definition) is 1. The van der Waals surface area contributed by atoms with Crippen molar-refractivity contribution >= 4 is 7.69 Å². The van der Waals surface area contributed by atoms with Crippen LogP contribution in [-0.2, 0) is 4.65 Å². The molecule has 0 amide bonds. The van der Waals surface area contributed by atoms with Gasteiger partial charge in [0.25, 0.3) is 0 Å². The van der Waals surface area contributed by atoms with E-state index in [1.165, 1.54) is 0 Å². The van der Waals surface area contributed by atoms with Crippen molar-refractivity contribution in [2.24, 2.45) is 0 Å². The van der Waals surface area contributed by atoms with Crippen molar-refractivity contribution in [2.75, 3.05) is 13.3 Å². The van der Waals surface area contributed by atoms with Crippen LogP contribution >= 0.6 is 0 Å². The summed E-state index contributed by atoms with van der Waals surface area (Å²) in [5.41, 5.74) is 0. The van der Waals surface area contributed by atoms with Crippen LogP contribution in [0.3, 0.4) is 0 Å². The van der Waals surface area contributed by atoms with E-state index in [0.29, 0.717) is 14.1 Å². The van der Waals surface area contributed by atoms with E-state index in [2.05, 4.69) is 4.65 Å². The molecule has 4 heteroatoms. The zero-order valence-electron chi connectivity index (χ0n) is 3.93. The fourth-order valence-corrected chi connectivity index (χ4v) is 0.191. The molecule has 41 valence electrons. The first-order valence-corrected chi connectivity index (χ1v) is 2.05. The summed E-state index contributed by atoms with van der Waals surface area (Å²) in [4.78, 5) is 0. The Morgan fingerprint density at radius 2 is 2.43 bits per heavy atom. The molecule has 0 fully saturated rings. The molecule has 1 radical (unpaired) electrons. The highest BCUT2D eigenvalue weighted by molar-refractivity contribution is 6.15. The zero-order chi connectivity index (χ0) is 5.54. The Kier molecular flexibility index (Phi) is 5.84. The van der Waals surface area contributed by atoms with E-state index in [1.807, 2.05) is 0 Å². The predicted molar refractivity (Wildman–Crippen MR) is 24.5 cm³/mol. The summed E-state index contributed by atoms with van der Waals surface area (Å²) in [6.07, 6.45) is 0.344. The Hall–Kier alpha value is -0.0851. The highest BCUT2D eigenvalue weighted by atomic mass is 19.1. The molecule has 1 N–H and O–H groups in total.